The normalized spacial score (nSPS) is 10.7. The van der Waals surface area contributed by atoms with Gasteiger partial charge in [-0.05, 0) is 66.4 Å². The first kappa shape index (κ1) is 27.9. The fraction of sp³-hybridized carbons (Fsp3) is 0.133. The molecule has 0 aliphatic carbocycles. The molecule has 0 saturated heterocycles. The molecule has 2 amide bonds. The van der Waals surface area contributed by atoms with E-state index in [0.717, 1.165) is 21.9 Å². The van der Waals surface area contributed by atoms with Crippen LogP contribution in [0.5, 0.6) is 11.5 Å². The van der Waals surface area contributed by atoms with E-state index < -0.39 is 0 Å². The lowest BCUT2D eigenvalue weighted by Gasteiger charge is -2.15. The quantitative estimate of drug-likeness (QED) is 0.185. The van der Waals surface area contributed by atoms with E-state index in [1.165, 1.54) is 18.9 Å². The van der Waals surface area contributed by atoms with Crippen molar-refractivity contribution in [3.8, 4) is 27.9 Å². The SMILES string of the molecule is COc1ccc(-n2c(SCC(=O)Nc3cc(C)c(NC(=O)c4ccccc4)cc3OC)nnc2-c2cccs2)cc1. The smallest absolute Gasteiger partial charge is 0.255 e. The lowest BCUT2D eigenvalue weighted by atomic mass is 10.1. The summed E-state index contributed by atoms with van der Waals surface area (Å²) in [7, 11) is 3.14. The number of thiophene rings is 1. The summed E-state index contributed by atoms with van der Waals surface area (Å²) < 4.78 is 12.8. The number of ether oxygens (including phenoxy) is 2. The molecule has 0 bridgehead atoms. The third-order valence-electron chi connectivity index (χ3n) is 6.14. The predicted octanol–water partition coefficient (Wildman–Crippen LogP) is 6.30. The molecule has 2 N–H and O–H groups in total. The van der Waals surface area contributed by atoms with E-state index in [9.17, 15) is 9.59 Å². The average Bonchev–Trinajstić information content (AvgIpc) is 3.68. The molecule has 0 aliphatic rings. The van der Waals surface area contributed by atoms with Crippen molar-refractivity contribution in [2.45, 2.75) is 12.1 Å². The summed E-state index contributed by atoms with van der Waals surface area (Å²) in [5, 5.41) is 17.2. The molecule has 9 nitrogen and oxygen atoms in total. The van der Waals surface area contributed by atoms with E-state index in [1.54, 1.807) is 42.7 Å². The fourth-order valence-corrected chi connectivity index (χ4v) is 5.53. The summed E-state index contributed by atoms with van der Waals surface area (Å²) in [5.74, 6) is 1.48. The Labute approximate surface area is 245 Å². The summed E-state index contributed by atoms with van der Waals surface area (Å²) in [6.45, 7) is 1.86. The number of carbonyl (C=O) groups is 2. The van der Waals surface area contributed by atoms with Crippen molar-refractivity contribution in [3.05, 3.63) is 95.4 Å². The van der Waals surface area contributed by atoms with Crippen molar-refractivity contribution >= 4 is 46.3 Å². The number of thioether (sulfide) groups is 1. The number of nitrogens with zero attached hydrogens (tertiary/aromatic N) is 3. The summed E-state index contributed by atoms with van der Waals surface area (Å²) in [6, 6.07) is 24.0. The van der Waals surface area contributed by atoms with Crippen molar-refractivity contribution in [1.82, 2.24) is 14.8 Å². The van der Waals surface area contributed by atoms with Crippen LogP contribution in [-0.4, -0.2) is 46.6 Å². The van der Waals surface area contributed by atoms with Gasteiger partial charge in [0.15, 0.2) is 11.0 Å². The Morgan fingerprint density at radius 2 is 1.68 bits per heavy atom. The van der Waals surface area contributed by atoms with Gasteiger partial charge in [0, 0.05) is 17.3 Å². The van der Waals surface area contributed by atoms with Crippen LogP contribution in [-0.2, 0) is 4.79 Å². The second-order valence-electron chi connectivity index (χ2n) is 8.84. The van der Waals surface area contributed by atoms with Gasteiger partial charge in [-0.2, -0.15) is 0 Å². The van der Waals surface area contributed by atoms with Crippen LogP contribution in [0.1, 0.15) is 15.9 Å². The van der Waals surface area contributed by atoms with Crippen LogP contribution in [0.2, 0.25) is 0 Å². The maximum Gasteiger partial charge on any atom is 0.255 e. The number of hydrogen-bond donors (Lipinski definition) is 2. The molecule has 0 fully saturated rings. The van der Waals surface area contributed by atoms with Crippen molar-refractivity contribution in [3.63, 3.8) is 0 Å². The van der Waals surface area contributed by atoms with Crippen molar-refractivity contribution in [2.75, 3.05) is 30.6 Å². The van der Waals surface area contributed by atoms with Crippen LogP contribution < -0.4 is 20.1 Å². The summed E-state index contributed by atoms with van der Waals surface area (Å²) >= 11 is 2.84. The van der Waals surface area contributed by atoms with Gasteiger partial charge in [0.05, 0.1) is 36.2 Å². The molecule has 5 aromatic rings. The van der Waals surface area contributed by atoms with E-state index in [1.807, 2.05) is 71.5 Å². The molecule has 41 heavy (non-hydrogen) atoms. The van der Waals surface area contributed by atoms with Crippen LogP contribution in [0, 0.1) is 6.92 Å². The van der Waals surface area contributed by atoms with Gasteiger partial charge in [-0.3, -0.25) is 14.2 Å². The molecule has 208 valence electrons. The minimum atomic E-state index is -0.240. The largest absolute Gasteiger partial charge is 0.497 e. The first-order valence-corrected chi connectivity index (χ1v) is 14.4. The summed E-state index contributed by atoms with van der Waals surface area (Å²) in [5.41, 5.74) is 3.27. The average molecular weight is 586 g/mol. The van der Waals surface area contributed by atoms with E-state index in [4.69, 9.17) is 9.47 Å². The first-order chi connectivity index (χ1) is 20.0. The molecule has 0 unspecified atom stereocenters. The second kappa shape index (κ2) is 12.7. The highest BCUT2D eigenvalue weighted by Gasteiger charge is 2.19. The van der Waals surface area contributed by atoms with Gasteiger partial charge in [0.2, 0.25) is 5.91 Å². The monoisotopic (exact) mass is 585 g/mol. The van der Waals surface area contributed by atoms with Crippen molar-refractivity contribution in [1.29, 1.82) is 0 Å². The van der Waals surface area contributed by atoms with E-state index in [2.05, 4.69) is 20.8 Å². The number of anilines is 2. The van der Waals surface area contributed by atoms with Gasteiger partial charge in [0.25, 0.3) is 5.91 Å². The van der Waals surface area contributed by atoms with Gasteiger partial charge in [-0.1, -0.05) is 36.0 Å². The van der Waals surface area contributed by atoms with Crippen molar-refractivity contribution in [2.24, 2.45) is 0 Å². The van der Waals surface area contributed by atoms with Crippen LogP contribution in [0.4, 0.5) is 11.4 Å². The van der Waals surface area contributed by atoms with Crippen molar-refractivity contribution < 1.29 is 19.1 Å². The third kappa shape index (κ3) is 6.42. The standard InChI is InChI=1S/C30H27N5O4S2/c1-19-16-24(25(39-3)17-23(19)32-29(37)20-8-5-4-6-9-20)31-27(36)18-41-30-34-33-28(26-10-7-15-40-26)35(30)21-11-13-22(38-2)14-12-21/h4-17H,18H2,1-3H3,(H,31,36)(H,32,37). The molecule has 2 heterocycles. The number of carbonyl (C=O) groups excluding carboxylic acids is 2. The first-order valence-electron chi connectivity index (χ1n) is 12.6. The van der Waals surface area contributed by atoms with Crippen LogP contribution in [0.3, 0.4) is 0 Å². The number of amides is 2. The highest BCUT2D eigenvalue weighted by atomic mass is 32.2. The zero-order valence-corrected chi connectivity index (χ0v) is 24.2. The third-order valence-corrected chi connectivity index (χ3v) is 7.94. The molecule has 5 rings (SSSR count). The number of benzene rings is 3. The molecule has 0 radical (unpaired) electrons. The molecular weight excluding hydrogens is 558 g/mol. The van der Waals surface area contributed by atoms with Crippen LogP contribution >= 0.6 is 23.1 Å². The fourth-order valence-electron chi connectivity index (χ4n) is 4.08. The number of aryl methyl sites for hydroxylation is 1. The molecule has 0 atom stereocenters. The number of rotatable bonds is 10. The second-order valence-corrected chi connectivity index (χ2v) is 10.7. The number of hydrogen-bond acceptors (Lipinski definition) is 8. The maximum absolute atomic E-state index is 13.1. The molecule has 0 aliphatic heterocycles. The lowest BCUT2D eigenvalue weighted by molar-refractivity contribution is -0.113. The summed E-state index contributed by atoms with van der Waals surface area (Å²) in [6.07, 6.45) is 0. The predicted molar refractivity (Wildman–Crippen MR) is 163 cm³/mol. The Hall–Kier alpha value is -4.61. The number of nitrogens with one attached hydrogen (secondary N) is 2. The van der Waals surface area contributed by atoms with Gasteiger partial charge in [-0.25, -0.2) is 0 Å². The molecule has 2 aromatic heterocycles. The molecule has 3 aromatic carbocycles. The maximum atomic E-state index is 13.1. The Balaban J connectivity index is 1.32. The number of methoxy groups -OCH3 is 2. The lowest BCUT2D eigenvalue weighted by Crippen LogP contribution is -2.16. The minimum Gasteiger partial charge on any atom is -0.497 e. The van der Waals surface area contributed by atoms with Crippen LogP contribution in [0.25, 0.3) is 16.4 Å². The Bertz CT molecular complexity index is 1650. The van der Waals surface area contributed by atoms with Gasteiger partial charge in [0.1, 0.15) is 11.5 Å². The topological polar surface area (TPSA) is 107 Å². The summed E-state index contributed by atoms with van der Waals surface area (Å²) in [4.78, 5) is 26.7. The minimum absolute atomic E-state index is 0.0907. The van der Waals surface area contributed by atoms with Gasteiger partial charge < -0.3 is 20.1 Å². The number of aromatic nitrogens is 3. The van der Waals surface area contributed by atoms with E-state index in [-0.39, 0.29) is 17.6 Å². The zero-order chi connectivity index (χ0) is 28.8. The van der Waals surface area contributed by atoms with Gasteiger partial charge >= 0.3 is 0 Å². The highest BCUT2D eigenvalue weighted by molar-refractivity contribution is 7.99. The van der Waals surface area contributed by atoms with E-state index in [0.29, 0.717) is 33.7 Å². The highest BCUT2D eigenvalue weighted by Crippen LogP contribution is 2.33. The Morgan fingerprint density at radius 3 is 2.37 bits per heavy atom. The molecule has 0 saturated carbocycles. The Kier molecular flexibility index (Phi) is 8.66. The zero-order valence-electron chi connectivity index (χ0n) is 22.6. The molecule has 11 heteroatoms. The van der Waals surface area contributed by atoms with Gasteiger partial charge in [-0.15, -0.1) is 21.5 Å². The Morgan fingerprint density at radius 1 is 0.902 bits per heavy atom. The van der Waals surface area contributed by atoms with E-state index >= 15 is 0 Å². The molecular formula is C30H27N5O4S2. The molecule has 0 spiro atoms. The van der Waals surface area contributed by atoms with Crippen LogP contribution in [0.15, 0.2) is 89.4 Å².